The van der Waals surface area contributed by atoms with Crippen LogP contribution in [0.5, 0.6) is 0 Å². The second-order valence-electron chi connectivity index (χ2n) is 4.46. The van der Waals surface area contributed by atoms with E-state index in [2.05, 4.69) is 4.98 Å². The highest BCUT2D eigenvalue weighted by molar-refractivity contribution is 5.85. The third kappa shape index (κ3) is 1.64. The van der Waals surface area contributed by atoms with Crippen molar-refractivity contribution in [2.75, 3.05) is 23.7 Å². The molecule has 0 saturated carbocycles. The van der Waals surface area contributed by atoms with Crippen molar-refractivity contribution in [2.45, 2.75) is 12.2 Å². The number of hydrogen-bond donors (Lipinski definition) is 4. The van der Waals surface area contributed by atoms with E-state index in [9.17, 15) is 15.0 Å². The molecule has 1 saturated heterocycles. The molecule has 18 heavy (non-hydrogen) atoms. The summed E-state index contributed by atoms with van der Waals surface area (Å²) in [6.07, 6.45) is -1.58. The number of nitrogens with two attached hydrogens (primary N) is 1. The molecule has 2 heterocycles. The van der Waals surface area contributed by atoms with Gasteiger partial charge in [-0.15, -0.1) is 0 Å². The molecule has 2 atom stereocenters. The average Bonchev–Trinajstić information content (AvgIpc) is 2.80. The Morgan fingerprint density at radius 1 is 1.33 bits per heavy atom. The van der Waals surface area contributed by atoms with E-state index in [0.29, 0.717) is 35.6 Å². The molecule has 1 aromatic heterocycles. The van der Waals surface area contributed by atoms with Crippen LogP contribution in [-0.4, -0.2) is 40.5 Å². The van der Waals surface area contributed by atoms with Gasteiger partial charge in [-0.1, -0.05) is 0 Å². The largest absolute Gasteiger partial charge is 0.417 e. The zero-order valence-corrected chi connectivity index (χ0v) is 9.46. The van der Waals surface area contributed by atoms with E-state index < -0.39 is 18.0 Å². The van der Waals surface area contributed by atoms with Crippen molar-refractivity contribution in [1.29, 1.82) is 0 Å². The Labute approximate surface area is 101 Å². The van der Waals surface area contributed by atoms with Gasteiger partial charge in [-0.2, -0.15) is 0 Å². The fourth-order valence-electron chi connectivity index (χ4n) is 2.24. The highest BCUT2D eigenvalue weighted by Gasteiger charge is 2.30. The van der Waals surface area contributed by atoms with Crippen LogP contribution in [-0.2, 0) is 0 Å². The molecular weight excluding hydrogens is 238 g/mol. The number of aliphatic hydroxyl groups is 2. The lowest BCUT2D eigenvalue weighted by molar-refractivity contribution is 0.0572. The van der Waals surface area contributed by atoms with E-state index in [-0.39, 0.29) is 0 Å². The van der Waals surface area contributed by atoms with Gasteiger partial charge in [-0.25, -0.2) is 4.79 Å². The van der Waals surface area contributed by atoms with E-state index in [1.807, 2.05) is 0 Å². The second kappa shape index (κ2) is 3.76. The number of aromatic amines is 1. The first-order valence-electron chi connectivity index (χ1n) is 5.58. The summed E-state index contributed by atoms with van der Waals surface area (Å²) in [5.41, 5.74) is 7.92. The van der Waals surface area contributed by atoms with Gasteiger partial charge in [0.2, 0.25) is 0 Å². The Morgan fingerprint density at radius 3 is 2.67 bits per heavy atom. The molecule has 0 spiro atoms. The van der Waals surface area contributed by atoms with Gasteiger partial charge < -0.3 is 25.3 Å². The molecule has 0 amide bonds. The molecule has 1 fully saturated rings. The summed E-state index contributed by atoms with van der Waals surface area (Å²) >= 11 is 0. The average molecular weight is 251 g/mol. The van der Waals surface area contributed by atoms with Gasteiger partial charge in [-0.3, -0.25) is 4.98 Å². The Morgan fingerprint density at radius 2 is 2.00 bits per heavy atom. The van der Waals surface area contributed by atoms with E-state index in [4.69, 9.17) is 10.2 Å². The van der Waals surface area contributed by atoms with Gasteiger partial charge in [-0.05, 0) is 6.07 Å². The molecule has 0 bridgehead atoms. The summed E-state index contributed by atoms with van der Waals surface area (Å²) < 4.78 is 4.90. The Hall–Kier alpha value is -1.99. The van der Waals surface area contributed by atoms with Crippen molar-refractivity contribution in [3.05, 3.63) is 22.7 Å². The Kier molecular flexibility index (Phi) is 2.32. The third-order valence-electron chi connectivity index (χ3n) is 3.17. The predicted molar refractivity (Wildman–Crippen MR) is 65.5 cm³/mol. The molecule has 3 rings (SSSR count). The van der Waals surface area contributed by atoms with Crippen LogP contribution in [0.15, 0.2) is 21.3 Å². The van der Waals surface area contributed by atoms with Crippen molar-refractivity contribution >= 4 is 22.5 Å². The number of H-pyrrole nitrogens is 1. The maximum absolute atomic E-state index is 11.1. The lowest BCUT2D eigenvalue weighted by Gasteiger charge is -2.19. The number of aliphatic hydroxyl groups excluding tert-OH is 2. The van der Waals surface area contributed by atoms with Crippen molar-refractivity contribution in [2.24, 2.45) is 0 Å². The lowest BCUT2D eigenvalue weighted by atomic mass is 10.2. The molecule has 7 nitrogen and oxygen atoms in total. The predicted octanol–water partition coefficient (Wildman–Crippen LogP) is -0.755. The number of nitrogens with zero attached hydrogens (tertiary/aromatic N) is 1. The minimum Gasteiger partial charge on any atom is -0.408 e. The number of rotatable bonds is 1. The van der Waals surface area contributed by atoms with Gasteiger partial charge in [0.25, 0.3) is 0 Å². The highest BCUT2D eigenvalue weighted by atomic mass is 16.4. The molecule has 0 radical (unpaired) electrons. The highest BCUT2D eigenvalue weighted by Crippen LogP contribution is 2.30. The normalized spacial score (nSPS) is 24.0. The maximum Gasteiger partial charge on any atom is 0.417 e. The van der Waals surface area contributed by atoms with Crippen LogP contribution in [0.4, 0.5) is 11.4 Å². The van der Waals surface area contributed by atoms with E-state index in [1.54, 1.807) is 17.0 Å². The topological polar surface area (TPSA) is 116 Å². The van der Waals surface area contributed by atoms with Crippen molar-refractivity contribution in [1.82, 2.24) is 4.98 Å². The fraction of sp³-hybridized carbons (Fsp3) is 0.364. The van der Waals surface area contributed by atoms with Crippen LogP contribution in [0.3, 0.4) is 0 Å². The van der Waals surface area contributed by atoms with Gasteiger partial charge in [0.1, 0.15) is 0 Å². The number of oxazole rings is 1. The zero-order valence-electron chi connectivity index (χ0n) is 9.46. The monoisotopic (exact) mass is 251 g/mol. The molecule has 1 aliphatic rings. The van der Waals surface area contributed by atoms with Crippen molar-refractivity contribution in [3.8, 4) is 0 Å². The summed E-state index contributed by atoms with van der Waals surface area (Å²) in [6, 6.07) is 3.24. The summed E-state index contributed by atoms with van der Waals surface area (Å²) in [4.78, 5) is 15.4. The quantitative estimate of drug-likeness (QED) is 0.495. The first-order valence-corrected chi connectivity index (χ1v) is 5.58. The molecule has 2 aromatic rings. The van der Waals surface area contributed by atoms with Crippen LogP contribution in [0.1, 0.15) is 0 Å². The van der Waals surface area contributed by atoms with Crippen LogP contribution >= 0.6 is 0 Å². The van der Waals surface area contributed by atoms with Crippen LogP contribution in [0.25, 0.3) is 11.1 Å². The smallest absolute Gasteiger partial charge is 0.408 e. The molecule has 96 valence electrons. The molecule has 5 N–H and O–H groups in total. The SMILES string of the molecule is Nc1cc2oc(=O)[nH]c2cc1N1CC(O)C(O)C1. The van der Waals surface area contributed by atoms with E-state index in [0.717, 1.165) is 0 Å². The molecule has 2 unspecified atom stereocenters. The summed E-state index contributed by atoms with van der Waals surface area (Å²) in [5.74, 6) is -0.539. The van der Waals surface area contributed by atoms with Crippen LogP contribution in [0, 0.1) is 0 Å². The van der Waals surface area contributed by atoms with Gasteiger partial charge in [0, 0.05) is 19.2 Å². The first kappa shape index (κ1) is 11.1. The van der Waals surface area contributed by atoms with E-state index in [1.165, 1.54) is 0 Å². The molecule has 1 aromatic carbocycles. The third-order valence-corrected chi connectivity index (χ3v) is 3.17. The minimum atomic E-state index is -0.788. The lowest BCUT2D eigenvalue weighted by Crippen LogP contribution is -2.22. The molecular formula is C11H13N3O4. The second-order valence-corrected chi connectivity index (χ2v) is 4.46. The van der Waals surface area contributed by atoms with Crippen LogP contribution < -0.4 is 16.4 Å². The molecule has 0 aliphatic carbocycles. The summed E-state index contributed by atoms with van der Waals surface area (Å²) in [6.45, 7) is 0.609. The number of β-amino-alcohol motifs (C(OH)–C–C–N with tert-alkyl or cyclic N) is 2. The number of aromatic nitrogens is 1. The van der Waals surface area contributed by atoms with Gasteiger partial charge in [0.05, 0.1) is 29.1 Å². The summed E-state index contributed by atoms with van der Waals surface area (Å²) in [5, 5.41) is 19.1. The van der Waals surface area contributed by atoms with Gasteiger partial charge >= 0.3 is 5.76 Å². The van der Waals surface area contributed by atoms with Crippen molar-refractivity contribution < 1.29 is 14.6 Å². The van der Waals surface area contributed by atoms with E-state index >= 15 is 0 Å². The number of hydrogen-bond acceptors (Lipinski definition) is 6. The molecule has 7 heteroatoms. The fourth-order valence-corrected chi connectivity index (χ4v) is 2.24. The standard InChI is InChI=1S/C11H13N3O4/c12-5-1-10-6(13-11(17)18-10)2-7(5)14-3-8(15)9(16)4-14/h1-2,8-9,15-16H,3-4,12H2,(H,13,17). The Bertz CT molecular complexity index is 637. The zero-order chi connectivity index (χ0) is 12.9. The number of nitrogen functional groups attached to an aromatic ring is 1. The number of anilines is 2. The Balaban J connectivity index is 2.06. The maximum atomic E-state index is 11.1. The number of benzene rings is 1. The van der Waals surface area contributed by atoms with Crippen molar-refractivity contribution in [3.63, 3.8) is 0 Å². The molecule has 1 aliphatic heterocycles. The van der Waals surface area contributed by atoms with Gasteiger partial charge in [0.15, 0.2) is 5.58 Å². The first-order chi connectivity index (χ1) is 8.54. The van der Waals surface area contributed by atoms with Crippen LogP contribution in [0.2, 0.25) is 0 Å². The number of fused-ring (bicyclic) bond motifs is 1. The number of nitrogens with one attached hydrogen (secondary N) is 1. The summed E-state index contributed by atoms with van der Waals surface area (Å²) in [7, 11) is 0. The minimum absolute atomic E-state index is 0.305.